The van der Waals surface area contributed by atoms with Crippen molar-refractivity contribution >= 4 is 45.8 Å². The number of aryl methyl sites for hydroxylation is 1. The molecule has 0 aliphatic carbocycles. The Balaban J connectivity index is 1.70. The number of hydrogen-bond donors (Lipinski definition) is 2. The summed E-state index contributed by atoms with van der Waals surface area (Å²) in [4.78, 5) is 18.1. The molecule has 1 aliphatic heterocycles. The summed E-state index contributed by atoms with van der Waals surface area (Å²) in [6, 6.07) is 19.9. The van der Waals surface area contributed by atoms with Crippen LogP contribution in [0, 0.1) is 0 Å². The van der Waals surface area contributed by atoms with Gasteiger partial charge in [0.05, 0.1) is 5.69 Å². The van der Waals surface area contributed by atoms with E-state index in [0.29, 0.717) is 16.4 Å². The van der Waals surface area contributed by atoms with Crippen LogP contribution in [-0.4, -0.2) is 11.1 Å². The van der Waals surface area contributed by atoms with Crippen LogP contribution in [0.2, 0.25) is 0 Å². The lowest BCUT2D eigenvalue weighted by atomic mass is 10.0. The van der Waals surface area contributed by atoms with Gasteiger partial charge in [-0.2, -0.15) is 0 Å². The van der Waals surface area contributed by atoms with Gasteiger partial charge in [-0.1, -0.05) is 54.6 Å². The van der Waals surface area contributed by atoms with Gasteiger partial charge in [0.1, 0.15) is 5.17 Å². The third-order valence-electron chi connectivity index (χ3n) is 5.16. The van der Waals surface area contributed by atoms with Crippen LogP contribution in [0.5, 0.6) is 0 Å². The fraction of sp³-hybridized carbons (Fsp3) is 0.167. The molecule has 1 amide bonds. The van der Waals surface area contributed by atoms with Crippen molar-refractivity contribution < 1.29 is 4.79 Å². The van der Waals surface area contributed by atoms with E-state index in [4.69, 9.17) is 17.3 Å². The number of anilines is 1. The predicted molar refractivity (Wildman–Crippen MR) is 125 cm³/mol. The molecule has 0 saturated heterocycles. The Hall–Kier alpha value is -2.76. The molecule has 6 heteroatoms. The molecule has 30 heavy (non-hydrogen) atoms. The van der Waals surface area contributed by atoms with E-state index < -0.39 is 5.91 Å². The monoisotopic (exact) mass is 435 g/mol. The SMILES string of the molecule is CCc1ccc(NC(C)c2cccc3c2C(Cl)=Nc2cc(C(N)=O)ccc2S3)cc1. The van der Waals surface area contributed by atoms with Crippen molar-refractivity contribution in [2.24, 2.45) is 10.7 Å². The molecule has 0 spiro atoms. The summed E-state index contributed by atoms with van der Waals surface area (Å²) in [6.07, 6.45) is 1.02. The number of fused-ring (bicyclic) bond motifs is 2. The lowest BCUT2D eigenvalue weighted by Gasteiger charge is -2.20. The third kappa shape index (κ3) is 4.09. The zero-order chi connectivity index (χ0) is 21.3. The lowest BCUT2D eigenvalue weighted by Crippen LogP contribution is -2.11. The largest absolute Gasteiger partial charge is 0.378 e. The summed E-state index contributed by atoms with van der Waals surface area (Å²) in [5.74, 6) is -0.483. The van der Waals surface area contributed by atoms with Gasteiger partial charge in [-0.3, -0.25) is 4.79 Å². The second kappa shape index (κ2) is 8.54. The molecule has 1 aliphatic rings. The van der Waals surface area contributed by atoms with E-state index >= 15 is 0 Å². The Bertz CT molecular complexity index is 1140. The van der Waals surface area contributed by atoms with Crippen molar-refractivity contribution in [3.63, 3.8) is 0 Å². The highest BCUT2D eigenvalue weighted by molar-refractivity contribution is 7.99. The molecule has 0 fully saturated rings. The van der Waals surface area contributed by atoms with Gasteiger partial charge in [-0.15, -0.1) is 0 Å². The van der Waals surface area contributed by atoms with Crippen molar-refractivity contribution in [2.75, 3.05) is 5.32 Å². The second-order valence-electron chi connectivity index (χ2n) is 7.19. The summed E-state index contributed by atoms with van der Waals surface area (Å²) in [5, 5.41) is 3.97. The van der Waals surface area contributed by atoms with Crippen LogP contribution in [0.4, 0.5) is 11.4 Å². The Morgan fingerprint density at radius 3 is 2.60 bits per heavy atom. The van der Waals surface area contributed by atoms with E-state index in [1.165, 1.54) is 5.56 Å². The molecule has 4 nitrogen and oxygen atoms in total. The number of hydrogen-bond acceptors (Lipinski definition) is 4. The first-order valence-electron chi connectivity index (χ1n) is 9.81. The molecule has 3 N–H and O–H groups in total. The van der Waals surface area contributed by atoms with E-state index in [9.17, 15) is 4.79 Å². The minimum Gasteiger partial charge on any atom is -0.378 e. The Morgan fingerprint density at radius 1 is 1.13 bits per heavy atom. The van der Waals surface area contributed by atoms with Crippen LogP contribution >= 0.6 is 23.4 Å². The van der Waals surface area contributed by atoms with E-state index in [1.54, 1.807) is 23.9 Å². The molecule has 0 aromatic heterocycles. The summed E-state index contributed by atoms with van der Waals surface area (Å²) < 4.78 is 0. The first kappa shape index (κ1) is 20.5. The van der Waals surface area contributed by atoms with Gasteiger partial charge in [0.2, 0.25) is 5.91 Å². The van der Waals surface area contributed by atoms with E-state index in [2.05, 4.69) is 54.5 Å². The van der Waals surface area contributed by atoms with Gasteiger partial charge in [-0.25, -0.2) is 4.99 Å². The van der Waals surface area contributed by atoms with Crippen LogP contribution in [0.25, 0.3) is 0 Å². The molecule has 1 heterocycles. The maximum absolute atomic E-state index is 11.6. The third-order valence-corrected chi connectivity index (χ3v) is 6.56. The molecular weight excluding hydrogens is 414 g/mol. The first-order chi connectivity index (χ1) is 14.5. The van der Waals surface area contributed by atoms with Crippen LogP contribution < -0.4 is 11.1 Å². The fourth-order valence-electron chi connectivity index (χ4n) is 3.50. The molecule has 0 saturated carbocycles. The smallest absolute Gasteiger partial charge is 0.248 e. The molecule has 0 bridgehead atoms. The fourth-order valence-corrected chi connectivity index (χ4v) is 4.91. The molecular formula is C24H22ClN3OS. The maximum Gasteiger partial charge on any atom is 0.248 e. The summed E-state index contributed by atoms with van der Waals surface area (Å²) in [7, 11) is 0. The normalized spacial score (nSPS) is 13.5. The minimum atomic E-state index is -0.483. The lowest BCUT2D eigenvalue weighted by molar-refractivity contribution is 0.1000. The van der Waals surface area contributed by atoms with E-state index in [-0.39, 0.29) is 6.04 Å². The van der Waals surface area contributed by atoms with Crippen molar-refractivity contribution in [3.8, 4) is 0 Å². The number of nitrogens with one attached hydrogen (secondary N) is 1. The number of rotatable bonds is 5. The van der Waals surface area contributed by atoms with Crippen molar-refractivity contribution in [2.45, 2.75) is 36.1 Å². The quantitative estimate of drug-likeness (QED) is 0.493. The van der Waals surface area contributed by atoms with Crippen molar-refractivity contribution in [1.29, 1.82) is 0 Å². The van der Waals surface area contributed by atoms with E-state index in [0.717, 1.165) is 33.0 Å². The van der Waals surface area contributed by atoms with Crippen molar-refractivity contribution in [3.05, 3.63) is 82.9 Å². The minimum absolute atomic E-state index is 0.0272. The summed E-state index contributed by atoms with van der Waals surface area (Å²) in [6.45, 7) is 4.26. The number of nitrogens with zero attached hydrogens (tertiary/aromatic N) is 1. The summed E-state index contributed by atoms with van der Waals surface area (Å²) in [5.41, 5.74) is 10.8. The Kier molecular flexibility index (Phi) is 5.84. The Morgan fingerprint density at radius 2 is 1.90 bits per heavy atom. The first-order valence-corrected chi connectivity index (χ1v) is 11.0. The number of primary amides is 1. The number of carbonyl (C=O) groups is 1. The van der Waals surface area contributed by atoms with E-state index in [1.807, 2.05) is 18.2 Å². The molecule has 0 radical (unpaired) electrons. The number of aliphatic imine (C=N–C) groups is 1. The zero-order valence-electron chi connectivity index (χ0n) is 16.8. The Labute approximate surface area is 185 Å². The van der Waals surface area contributed by atoms with Gasteiger partial charge in [0, 0.05) is 32.6 Å². The second-order valence-corrected chi connectivity index (χ2v) is 8.63. The van der Waals surface area contributed by atoms with Gasteiger partial charge < -0.3 is 11.1 Å². The summed E-state index contributed by atoms with van der Waals surface area (Å²) >= 11 is 8.29. The van der Waals surface area contributed by atoms with Crippen LogP contribution in [0.15, 0.2) is 75.4 Å². The van der Waals surface area contributed by atoms with Gasteiger partial charge in [0.25, 0.3) is 0 Å². The van der Waals surface area contributed by atoms with Crippen molar-refractivity contribution in [1.82, 2.24) is 0 Å². The number of carbonyl (C=O) groups excluding carboxylic acids is 1. The highest BCUT2D eigenvalue weighted by Crippen LogP contribution is 2.43. The highest BCUT2D eigenvalue weighted by Gasteiger charge is 2.22. The number of nitrogens with two attached hydrogens (primary N) is 1. The standard InChI is InChI=1S/C24H22ClN3OS/c1-3-15-7-10-17(11-8-15)27-14(2)18-5-4-6-21-22(18)23(25)28-19-13-16(24(26)29)9-12-20(19)30-21/h4-14,27H,3H2,1-2H3,(H2,26,29). The van der Waals surface area contributed by atoms with Gasteiger partial charge in [0.15, 0.2) is 0 Å². The average Bonchev–Trinajstić information content (AvgIpc) is 2.89. The molecule has 3 aromatic rings. The molecule has 4 rings (SSSR count). The average molecular weight is 436 g/mol. The van der Waals surface area contributed by atoms with Gasteiger partial charge >= 0.3 is 0 Å². The predicted octanol–water partition coefficient (Wildman–Crippen LogP) is 6.30. The van der Waals surface area contributed by atoms with Crippen LogP contribution in [-0.2, 0) is 6.42 Å². The van der Waals surface area contributed by atoms with Crippen LogP contribution in [0.1, 0.15) is 46.9 Å². The number of amides is 1. The zero-order valence-corrected chi connectivity index (χ0v) is 18.3. The molecule has 1 unspecified atom stereocenters. The van der Waals surface area contributed by atoms with Gasteiger partial charge in [-0.05, 0) is 60.9 Å². The molecule has 3 aromatic carbocycles. The molecule has 1 atom stereocenters. The topological polar surface area (TPSA) is 67.5 Å². The molecule has 152 valence electrons. The van der Waals surface area contributed by atoms with Crippen LogP contribution in [0.3, 0.4) is 0 Å². The number of halogens is 1. The maximum atomic E-state index is 11.6. The highest BCUT2D eigenvalue weighted by atomic mass is 35.5. The number of benzene rings is 3.